The molecule has 112 valence electrons. The third kappa shape index (κ3) is 2.76. The van der Waals surface area contributed by atoms with Gasteiger partial charge in [0.2, 0.25) is 10.0 Å². The predicted molar refractivity (Wildman–Crippen MR) is 85.5 cm³/mol. The highest BCUT2D eigenvalue weighted by Gasteiger charge is 2.27. The van der Waals surface area contributed by atoms with Gasteiger partial charge in [-0.2, -0.15) is 0 Å². The van der Waals surface area contributed by atoms with Crippen molar-refractivity contribution < 1.29 is 8.42 Å². The van der Waals surface area contributed by atoms with Crippen molar-refractivity contribution in [1.82, 2.24) is 4.72 Å². The van der Waals surface area contributed by atoms with Crippen LogP contribution in [0.15, 0.2) is 41.3 Å². The maximum Gasteiger partial charge on any atom is 0.241 e. The molecule has 0 saturated heterocycles. The van der Waals surface area contributed by atoms with Crippen LogP contribution in [0.2, 0.25) is 0 Å². The van der Waals surface area contributed by atoms with E-state index in [0.29, 0.717) is 21.9 Å². The Morgan fingerprint density at radius 2 is 1.81 bits per heavy atom. The fraction of sp³-hybridized carbons (Fsp3) is 0.375. The van der Waals surface area contributed by atoms with Crippen LogP contribution in [0.3, 0.4) is 0 Å². The number of hydrogen-bond donors (Lipinski definition) is 2. The van der Waals surface area contributed by atoms with Gasteiger partial charge < -0.3 is 5.73 Å². The fourth-order valence-corrected chi connectivity index (χ4v) is 4.62. The number of nitrogen functional groups attached to an aromatic ring is 1. The summed E-state index contributed by atoms with van der Waals surface area (Å²) >= 11 is 0. The predicted octanol–water partition coefficient (Wildman–Crippen LogP) is 2.89. The van der Waals surface area contributed by atoms with Gasteiger partial charge in [-0.05, 0) is 37.3 Å². The molecule has 1 saturated carbocycles. The molecule has 0 aromatic heterocycles. The maximum absolute atomic E-state index is 12.7. The molecule has 0 radical (unpaired) electrons. The Morgan fingerprint density at radius 1 is 1.10 bits per heavy atom. The van der Waals surface area contributed by atoms with Crippen LogP contribution >= 0.6 is 0 Å². The molecular weight excluding hydrogens is 284 g/mol. The summed E-state index contributed by atoms with van der Waals surface area (Å²) in [4.78, 5) is 0.312. The van der Waals surface area contributed by atoms with E-state index in [0.717, 1.165) is 24.6 Å². The quantitative estimate of drug-likeness (QED) is 0.856. The minimum Gasteiger partial charge on any atom is -0.398 e. The van der Waals surface area contributed by atoms with Crippen LogP contribution in [0.1, 0.15) is 26.2 Å². The van der Waals surface area contributed by atoms with Crippen molar-refractivity contribution in [1.29, 1.82) is 0 Å². The van der Waals surface area contributed by atoms with Crippen LogP contribution in [0.4, 0.5) is 5.69 Å². The molecule has 0 amide bonds. The highest BCUT2D eigenvalue weighted by molar-refractivity contribution is 7.89. The first kappa shape index (κ1) is 14.4. The third-order valence-corrected chi connectivity index (χ3v) is 5.80. The summed E-state index contributed by atoms with van der Waals surface area (Å²) in [5.41, 5.74) is 6.53. The topological polar surface area (TPSA) is 72.2 Å². The Hall–Kier alpha value is -1.59. The first-order chi connectivity index (χ1) is 9.97. The van der Waals surface area contributed by atoms with Crippen LogP contribution in [0, 0.1) is 5.92 Å². The van der Waals surface area contributed by atoms with Crippen molar-refractivity contribution in [2.75, 3.05) is 5.73 Å². The zero-order valence-corrected chi connectivity index (χ0v) is 12.9. The molecule has 0 bridgehead atoms. The van der Waals surface area contributed by atoms with Crippen molar-refractivity contribution in [3.63, 3.8) is 0 Å². The van der Waals surface area contributed by atoms with Crippen LogP contribution in [0.25, 0.3) is 10.8 Å². The molecule has 0 heterocycles. The van der Waals surface area contributed by atoms with Gasteiger partial charge in [0.1, 0.15) is 0 Å². The molecule has 2 aromatic carbocycles. The molecule has 1 fully saturated rings. The van der Waals surface area contributed by atoms with Gasteiger partial charge in [-0.25, -0.2) is 13.1 Å². The second-order valence-corrected chi connectivity index (χ2v) is 7.62. The summed E-state index contributed by atoms with van der Waals surface area (Å²) in [5.74, 6) is 0.584. The molecular formula is C16H20N2O2S. The Bertz CT molecular complexity index is 771. The number of fused-ring (bicyclic) bond motifs is 1. The van der Waals surface area contributed by atoms with E-state index in [1.807, 2.05) is 18.2 Å². The van der Waals surface area contributed by atoms with E-state index in [-0.39, 0.29) is 6.04 Å². The van der Waals surface area contributed by atoms with Gasteiger partial charge in [0.25, 0.3) is 0 Å². The van der Waals surface area contributed by atoms with Gasteiger partial charge in [-0.3, -0.25) is 0 Å². The Kier molecular flexibility index (Phi) is 3.63. The molecule has 0 aliphatic heterocycles. The molecule has 1 aliphatic carbocycles. The number of hydrogen-bond acceptors (Lipinski definition) is 3. The lowest BCUT2D eigenvalue weighted by molar-refractivity contribution is 0.539. The van der Waals surface area contributed by atoms with Gasteiger partial charge in [-0.1, -0.05) is 31.2 Å². The molecule has 5 heteroatoms. The van der Waals surface area contributed by atoms with Crippen molar-refractivity contribution in [2.24, 2.45) is 5.92 Å². The summed E-state index contributed by atoms with van der Waals surface area (Å²) in [6.07, 6.45) is 2.90. The number of sulfonamides is 1. The Morgan fingerprint density at radius 3 is 2.48 bits per heavy atom. The third-order valence-electron chi connectivity index (χ3n) is 4.22. The van der Waals surface area contributed by atoms with Gasteiger partial charge in [-0.15, -0.1) is 0 Å². The summed E-state index contributed by atoms with van der Waals surface area (Å²) in [6, 6.07) is 10.6. The van der Waals surface area contributed by atoms with Gasteiger partial charge in [0.15, 0.2) is 0 Å². The van der Waals surface area contributed by atoms with Crippen molar-refractivity contribution in [3.8, 4) is 0 Å². The standard InChI is InChI=1S/C16H20N2O2S/c1-11-6-7-12(10-11)18-21(19,20)16-9-8-15(17)13-4-2-3-5-14(13)16/h2-5,8-9,11-12,18H,6-7,10,17H2,1H3. The molecule has 2 aromatic rings. The zero-order chi connectivity index (χ0) is 15.0. The van der Waals surface area contributed by atoms with E-state index in [1.165, 1.54) is 0 Å². The lowest BCUT2D eigenvalue weighted by Crippen LogP contribution is -2.33. The van der Waals surface area contributed by atoms with Crippen molar-refractivity contribution in [2.45, 2.75) is 37.1 Å². The Balaban J connectivity index is 2.01. The monoisotopic (exact) mass is 304 g/mol. The van der Waals surface area contributed by atoms with E-state index in [9.17, 15) is 8.42 Å². The lowest BCUT2D eigenvalue weighted by Gasteiger charge is -2.15. The number of nitrogens with two attached hydrogens (primary N) is 1. The second kappa shape index (κ2) is 5.31. The zero-order valence-electron chi connectivity index (χ0n) is 12.0. The molecule has 21 heavy (non-hydrogen) atoms. The first-order valence-electron chi connectivity index (χ1n) is 7.27. The Labute approximate surface area is 125 Å². The van der Waals surface area contributed by atoms with Crippen LogP contribution in [-0.2, 0) is 10.0 Å². The van der Waals surface area contributed by atoms with Crippen LogP contribution in [-0.4, -0.2) is 14.5 Å². The van der Waals surface area contributed by atoms with Gasteiger partial charge in [0, 0.05) is 22.5 Å². The lowest BCUT2D eigenvalue weighted by atomic mass is 10.1. The number of benzene rings is 2. The van der Waals surface area contributed by atoms with E-state index < -0.39 is 10.0 Å². The molecule has 3 rings (SSSR count). The molecule has 2 unspecified atom stereocenters. The summed E-state index contributed by atoms with van der Waals surface area (Å²) in [7, 11) is -3.52. The highest BCUT2D eigenvalue weighted by atomic mass is 32.2. The molecule has 4 nitrogen and oxygen atoms in total. The average molecular weight is 304 g/mol. The highest BCUT2D eigenvalue weighted by Crippen LogP contribution is 2.30. The van der Waals surface area contributed by atoms with E-state index >= 15 is 0 Å². The van der Waals surface area contributed by atoms with Crippen molar-refractivity contribution in [3.05, 3.63) is 36.4 Å². The number of rotatable bonds is 3. The number of anilines is 1. The normalized spacial score (nSPS) is 22.7. The average Bonchev–Trinajstić information content (AvgIpc) is 2.83. The van der Waals surface area contributed by atoms with Gasteiger partial charge >= 0.3 is 0 Å². The molecule has 3 N–H and O–H groups in total. The van der Waals surface area contributed by atoms with Crippen LogP contribution in [0.5, 0.6) is 0 Å². The maximum atomic E-state index is 12.7. The largest absolute Gasteiger partial charge is 0.398 e. The molecule has 2 atom stereocenters. The first-order valence-corrected chi connectivity index (χ1v) is 8.75. The summed E-state index contributed by atoms with van der Waals surface area (Å²) < 4.78 is 28.2. The second-order valence-electron chi connectivity index (χ2n) is 5.93. The van der Waals surface area contributed by atoms with E-state index in [4.69, 9.17) is 5.73 Å². The van der Waals surface area contributed by atoms with Crippen molar-refractivity contribution >= 4 is 26.5 Å². The van der Waals surface area contributed by atoms with E-state index in [1.54, 1.807) is 18.2 Å². The minimum atomic E-state index is -3.52. The SMILES string of the molecule is CC1CCC(NS(=O)(=O)c2ccc(N)c3ccccc23)C1. The fourth-order valence-electron chi connectivity index (χ4n) is 3.13. The smallest absolute Gasteiger partial charge is 0.241 e. The molecule has 1 aliphatic rings. The molecule has 0 spiro atoms. The number of nitrogens with one attached hydrogen (secondary N) is 1. The minimum absolute atomic E-state index is 0.0429. The summed E-state index contributed by atoms with van der Waals surface area (Å²) in [5, 5.41) is 1.45. The van der Waals surface area contributed by atoms with Gasteiger partial charge in [0.05, 0.1) is 4.90 Å². The van der Waals surface area contributed by atoms with Crippen LogP contribution < -0.4 is 10.5 Å². The summed E-state index contributed by atoms with van der Waals surface area (Å²) in [6.45, 7) is 2.16. The van der Waals surface area contributed by atoms with E-state index in [2.05, 4.69) is 11.6 Å².